The molecular formula is C67H122O6. The second-order valence-corrected chi connectivity index (χ2v) is 21.7. The summed E-state index contributed by atoms with van der Waals surface area (Å²) >= 11 is 0. The summed E-state index contributed by atoms with van der Waals surface area (Å²) in [7, 11) is 0. The first kappa shape index (κ1) is 70.4. The van der Waals surface area contributed by atoms with Crippen molar-refractivity contribution in [3.05, 3.63) is 48.6 Å². The van der Waals surface area contributed by atoms with Crippen molar-refractivity contribution in [3.63, 3.8) is 0 Å². The molecule has 1 unspecified atom stereocenters. The van der Waals surface area contributed by atoms with Gasteiger partial charge in [0.05, 0.1) is 0 Å². The van der Waals surface area contributed by atoms with Gasteiger partial charge in [-0.15, -0.1) is 0 Å². The number of unbranched alkanes of at least 4 members (excludes halogenated alkanes) is 40. The standard InChI is InChI=1S/C67H122O6/c1-4-7-10-13-16-19-22-24-26-28-30-31-32-33-34-35-36-38-39-41-43-45-48-51-54-57-60-66(69)72-63-64(62-71-65(68)59-56-53-50-47-21-18-15-12-9-6-3)73-67(70)61-58-55-52-49-46-44-42-40-37-29-27-25-23-20-17-14-11-8-5-2/h12,15,17,20,25,27,37,40,64H,4-11,13-14,16,18-19,21-24,26,28-36,38-39,41-63H2,1-3H3/b15-12-,20-17-,27-25-,40-37-. The van der Waals surface area contributed by atoms with Crippen LogP contribution < -0.4 is 0 Å². The Morgan fingerprint density at radius 2 is 0.521 bits per heavy atom. The summed E-state index contributed by atoms with van der Waals surface area (Å²) in [6.07, 6.45) is 77.1. The monoisotopic (exact) mass is 1020 g/mol. The molecule has 0 radical (unpaired) electrons. The Morgan fingerprint density at radius 3 is 0.863 bits per heavy atom. The molecule has 0 aromatic heterocycles. The third kappa shape index (κ3) is 60.1. The summed E-state index contributed by atoms with van der Waals surface area (Å²) in [5, 5.41) is 0. The van der Waals surface area contributed by atoms with E-state index < -0.39 is 6.10 Å². The minimum atomic E-state index is -0.782. The summed E-state index contributed by atoms with van der Waals surface area (Å²) < 4.78 is 16.9. The molecule has 0 aliphatic carbocycles. The molecule has 0 aliphatic rings. The second-order valence-electron chi connectivity index (χ2n) is 21.7. The van der Waals surface area contributed by atoms with E-state index >= 15 is 0 Å². The molecule has 0 aromatic rings. The van der Waals surface area contributed by atoms with Crippen LogP contribution in [0.15, 0.2) is 48.6 Å². The fourth-order valence-electron chi connectivity index (χ4n) is 9.46. The number of ether oxygens (including phenoxy) is 3. The van der Waals surface area contributed by atoms with Gasteiger partial charge in [0.2, 0.25) is 0 Å². The minimum Gasteiger partial charge on any atom is -0.462 e. The maximum atomic E-state index is 12.9. The fraction of sp³-hybridized carbons (Fsp3) is 0.836. The highest BCUT2D eigenvalue weighted by molar-refractivity contribution is 5.71. The molecule has 0 bridgehead atoms. The molecule has 0 amide bonds. The van der Waals surface area contributed by atoms with Crippen molar-refractivity contribution in [1.29, 1.82) is 0 Å². The molecule has 73 heavy (non-hydrogen) atoms. The third-order valence-electron chi connectivity index (χ3n) is 14.3. The SMILES string of the molecule is CCC/C=C\CCCCCCCC(=O)OCC(COC(=O)CCCCCCCCCCCCCCCCCCCCCCCCCCCC)OC(=O)CCCCCCCC/C=C\C/C=C\C/C=C\CCCCC. The van der Waals surface area contributed by atoms with Gasteiger partial charge < -0.3 is 14.2 Å². The Hall–Kier alpha value is -2.63. The lowest BCUT2D eigenvalue weighted by Gasteiger charge is -2.18. The number of hydrogen-bond donors (Lipinski definition) is 0. The zero-order valence-electron chi connectivity index (χ0n) is 48.9. The van der Waals surface area contributed by atoms with Gasteiger partial charge in [-0.1, -0.05) is 294 Å². The van der Waals surface area contributed by atoms with Crippen LogP contribution in [0.5, 0.6) is 0 Å². The van der Waals surface area contributed by atoms with Crippen LogP contribution in [0.3, 0.4) is 0 Å². The van der Waals surface area contributed by atoms with Crippen molar-refractivity contribution < 1.29 is 28.6 Å². The third-order valence-corrected chi connectivity index (χ3v) is 14.3. The van der Waals surface area contributed by atoms with E-state index in [0.29, 0.717) is 19.3 Å². The predicted molar refractivity (Wildman–Crippen MR) is 316 cm³/mol. The average molecular weight is 1020 g/mol. The molecule has 6 nitrogen and oxygen atoms in total. The van der Waals surface area contributed by atoms with E-state index in [4.69, 9.17) is 14.2 Å². The van der Waals surface area contributed by atoms with Gasteiger partial charge in [-0.3, -0.25) is 14.4 Å². The first-order chi connectivity index (χ1) is 36.0. The van der Waals surface area contributed by atoms with Gasteiger partial charge in [0.25, 0.3) is 0 Å². The van der Waals surface area contributed by atoms with Crippen LogP contribution >= 0.6 is 0 Å². The largest absolute Gasteiger partial charge is 0.462 e. The summed E-state index contributed by atoms with van der Waals surface area (Å²) in [6, 6.07) is 0. The van der Waals surface area contributed by atoms with Gasteiger partial charge in [-0.2, -0.15) is 0 Å². The number of hydrogen-bond acceptors (Lipinski definition) is 6. The molecule has 0 spiro atoms. The second kappa shape index (κ2) is 61.9. The number of carbonyl (C=O) groups excluding carboxylic acids is 3. The molecule has 426 valence electrons. The zero-order valence-corrected chi connectivity index (χ0v) is 48.9. The van der Waals surface area contributed by atoms with Crippen LogP contribution in [0, 0.1) is 0 Å². The van der Waals surface area contributed by atoms with E-state index in [1.165, 1.54) is 205 Å². The molecule has 0 rings (SSSR count). The summed E-state index contributed by atoms with van der Waals surface area (Å²) in [5.41, 5.74) is 0. The smallest absolute Gasteiger partial charge is 0.306 e. The molecular weight excluding hydrogens is 901 g/mol. The average Bonchev–Trinajstić information content (AvgIpc) is 3.39. The van der Waals surface area contributed by atoms with E-state index in [-0.39, 0.29) is 31.1 Å². The van der Waals surface area contributed by atoms with Crippen LogP contribution in [-0.4, -0.2) is 37.2 Å². The molecule has 0 saturated heterocycles. The predicted octanol–water partition coefficient (Wildman–Crippen LogP) is 21.8. The molecule has 0 heterocycles. The Morgan fingerprint density at radius 1 is 0.274 bits per heavy atom. The van der Waals surface area contributed by atoms with E-state index in [0.717, 1.165) is 96.3 Å². The van der Waals surface area contributed by atoms with Crippen LogP contribution in [0.1, 0.15) is 342 Å². The van der Waals surface area contributed by atoms with Gasteiger partial charge in [0, 0.05) is 19.3 Å². The molecule has 0 N–H and O–H groups in total. The summed E-state index contributed by atoms with van der Waals surface area (Å²) in [5.74, 6) is -0.884. The van der Waals surface area contributed by atoms with Gasteiger partial charge in [-0.05, 0) is 77.0 Å². The number of carbonyl (C=O) groups is 3. The molecule has 0 fully saturated rings. The lowest BCUT2D eigenvalue weighted by Crippen LogP contribution is -2.30. The van der Waals surface area contributed by atoms with E-state index in [2.05, 4.69) is 69.4 Å². The van der Waals surface area contributed by atoms with E-state index in [9.17, 15) is 14.4 Å². The summed E-state index contributed by atoms with van der Waals surface area (Å²) in [6.45, 7) is 6.58. The quantitative estimate of drug-likeness (QED) is 0.0261. The Kier molecular flexibility index (Phi) is 59.7. The van der Waals surface area contributed by atoms with Crippen molar-refractivity contribution in [1.82, 2.24) is 0 Å². The van der Waals surface area contributed by atoms with Gasteiger partial charge in [0.1, 0.15) is 13.2 Å². The van der Waals surface area contributed by atoms with E-state index in [1.54, 1.807) is 0 Å². The van der Waals surface area contributed by atoms with Crippen molar-refractivity contribution in [2.75, 3.05) is 13.2 Å². The maximum Gasteiger partial charge on any atom is 0.306 e. The van der Waals surface area contributed by atoms with Gasteiger partial charge in [-0.25, -0.2) is 0 Å². The number of allylic oxidation sites excluding steroid dienone is 8. The number of rotatable bonds is 59. The van der Waals surface area contributed by atoms with Crippen LogP contribution in [-0.2, 0) is 28.6 Å². The zero-order chi connectivity index (χ0) is 52.9. The Bertz CT molecular complexity index is 1270. The first-order valence-electron chi connectivity index (χ1n) is 32.1. The molecule has 0 aromatic carbocycles. The van der Waals surface area contributed by atoms with Crippen molar-refractivity contribution in [3.8, 4) is 0 Å². The molecule has 0 aliphatic heterocycles. The number of esters is 3. The van der Waals surface area contributed by atoms with Crippen LogP contribution in [0.25, 0.3) is 0 Å². The highest BCUT2D eigenvalue weighted by Gasteiger charge is 2.19. The highest BCUT2D eigenvalue weighted by Crippen LogP contribution is 2.18. The van der Waals surface area contributed by atoms with Crippen molar-refractivity contribution in [2.45, 2.75) is 348 Å². The molecule has 6 heteroatoms. The van der Waals surface area contributed by atoms with Crippen LogP contribution in [0.4, 0.5) is 0 Å². The Labute approximate surface area is 454 Å². The van der Waals surface area contributed by atoms with Crippen molar-refractivity contribution in [2.24, 2.45) is 0 Å². The van der Waals surface area contributed by atoms with Gasteiger partial charge in [0.15, 0.2) is 6.10 Å². The normalized spacial score (nSPS) is 12.3. The summed E-state index contributed by atoms with van der Waals surface area (Å²) in [4.78, 5) is 38.2. The molecule has 1 atom stereocenters. The highest BCUT2D eigenvalue weighted by atomic mass is 16.6. The van der Waals surface area contributed by atoms with Crippen molar-refractivity contribution >= 4 is 17.9 Å². The minimum absolute atomic E-state index is 0.0781. The molecule has 0 saturated carbocycles. The lowest BCUT2D eigenvalue weighted by atomic mass is 10.0. The fourth-order valence-corrected chi connectivity index (χ4v) is 9.46. The van der Waals surface area contributed by atoms with Crippen LogP contribution in [0.2, 0.25) is 0 Å². The van der Waals surface area contributed by atoms with Gasteiger partial charge >= 0.3 is 17.9 Å². The van der Waals surface area contributed by atoms with E-state index in [1.807, 2.05) is 0 Å². The topological polar surface area (TPSA) is 78.9 Å². The first-order valence-corrected chi connectivity index (χ1v) is 32.1. The lowest BCUT2D eigenvalue weighted by molar-refractivity contribution is -0.167. The Balaban J connectivity index is 4.19. The maximum absolute atomic E-state index is 12.9.